The monoisotopic (exact) mass is 1160 g/mol. The normalized spacial score (nSPS) is 11.0. The summed E-state index contributed by atoms with van der Waals surface area (Å²) in [5.41, 5.74) is 10.7. The number of nitrogens with two attached hydrogens (primary N) is 1. The van der Waals surface area contributed by atoms with Crippen LogP contribution in [0.5, 0.6) is 0 Å². The van der Waals surface area contributed by atoms with Crippen LogP contribution in [0, 0.1) is 6.57 Å². The quantitative estimate of drug-likeness (QED) is 0.0382. The average Bonchev–Trinajstić information content (AvgIpc) is 4.47. The zero-order valence-corrected chi connectivity index (χ0v) is 44.4. The summed E-state index contributed by atoms with van der Waals surface area (Å²) >= 11 is 23.5. The minimum Gasteiger partial charge on any atom is -0.467 e. The van der Waals surface area contributed by atoms with E-state index >= 15 is 0 Å². The summed E-state index contributed by atoms with van der Waals surface area (Å²) in [6.07, 6.45) is 8.01. The lowest BCUT2D eigenvalue weighted by Crippen LogP contribution is -2.11. The molecule has 0 aliphatic rings. The van der Waals surface area contributed by atoms with Gasteiger partial charge in [-0.3, -0.25) is 9.78 Å². The molecule has 12 heterocycles. The molecule has 29 heteroatoms. The highest BCUT2D eigenvalue weighted by atomic mass is 35.5. The number of nitrogens with one attached hydrogen (secondary N) is 8. The number of carbonyl (C=O) groups is 1. The lowest BCUT2D eigenvalue weighted by molar-refractivity contribution is 0.100. The predicted octanol–water partition coefficient (Wildman–Crippen LogP) is 12.0. The van der Waals surface area contributed by atoms with Crippen LogP contribution in [0.25, 0.3) is 71.2 Å². The van der Waals surface area contributed by atoms with Crippen molar-refractivity contribution in [3.8, 4) is 0 Å². The number of H-pyrrole nitrogens is 4. The minimum absolute atomic E-state index is 0.0670. The number of para-hydroxylation sites is 2. The largest absolute Gasteiger partial charge is 0.467 e. The number of aromatic nitrogens is 14. The lowest BCUT2D eigenvalue weighted by Gasteiger charge is -2.06. The van der Waals surface area contributed by atoms with Crippen LogP contribution in [-0.2, 0) is 26.2 Å². The molecule has 81 heavy (non-hydrogen) atoms. The molecule has 0 spiro atoms. The average molecular weight is 1160 g/mol. The van der Waals surface area contributed by atoms with Crippen molar-refractivity contribution in [1.29, 1.82) is 0 Å². The van der Waals surface area contributed by atoms with Gasteiger partial charge in [0, 0.05) is 23.2 Å². The summed E-state index contributed by atoms with van der Waals surface area (Å²) in [7, 11) is 0. The van der Waals surface area contributed by atoms with Gasteiger partial charge < -0.3 is 64.5 Å². The van der Waals surface area contributed by atoms with Gasteiger partial charge in [0.05, 0.1) is 61.4 Å². The first-order chi connectivity index (χ1) is 39.5. The fourth-order valence-corrected chi connectivity index (χ4v) is 8.78. The molecular formula is C52H38Cl4N20O5. The van der Waals surface area contributed by atoms with Crippen molar-refractivity contribution in [3.05, 3.63) is 183 Å². The third-order valence-electron chi connectivity index (χ3n) is 11.7. The highest BCUT2D eigenvalue weighted by Crippen LogP contribution is 2.28. The van der Waals surface area contributed by atoms with E-state index in [0.717, 1.165) is 55.9 Å². The number of amides is 1. The minimum atomic E-state index is -0.566. The van der Waals surface area contributed by atoms with Crippen LogP contribution in [0.1, 0.15) is 33.4 Å². The van der Waals surface area contributed by atoms with Gasteiger partial charge in [-0.2, -0.15) is 29.9 Å². The maximum atomic E-state index is 11.4. The Morgan fingerprint density at radius 1 is 0.568 bits per heavy atom. The third kappa shape index (κ3) is 12.4. The number of hydrogen-bond acceptors (Lipinski definition) is 19. The Morgan fingerprint density at radius 3 is 1.72 bits per heavy atom. The molecule has 1 amide bonds. The smallest absolute Gasteiger partial charge is 0.338 e. The molecule has 0 saturated heterocycles. The van der Waals surface area contributed by atoms with E-state index in [0.29, 0.717) is 88.5 Å². The Morgan fingerprint density at radius 2 is 1.11 bits per heavy atom. The molecule has 404 valence electrons. The van der Waals surface area contributed by atoms with Crippen LogP contribution < -0.4 is 27.0 Å². The molecule has 0 saturated carbocycles. The number of fused-ring (bicyclic) bond motifs is 6. The van der Waals surface area contributed by atoms with Crippen LogP contribution in [0.4, 0.5) is 29.2 Å². The van der Waals surface area contributed by atoms with Gasteiger partial charge >= 0.3 is 5.95 Å². The number of anilines is 4. The summed E-state index contributed by atoms with van der Waals surface area (Å²) in [4.78, 5) is 67.1. The van der Waals surface area contributed by atoms with E-state index in [1.165, 1.54) is 6.20 Å². The summed E-state index contributed by atoms with van der Waals surface area (Å²) in [5.74, 6) is 4.91. The van der Waals surface area contributed by atoms with E-state index in [9.17, 15) is 4.79 Å². The fraction of sp³-hybridized carbons (Fsp3) is 0.0769. The maximum absolute atomic E-state index is 11.4. The SMILES string of the molecule is Clc1nc(NCc2cc3ccccc3o2)c2[nH]cnc2n1.Clc1nc(NCc2cc3ccccc3o2)c2cc[nH]c2n1.NC(=O)c1c[nH]c2nc(Cl)nc(NCc3ccco3)c12.[C-]#[N+]c1nc2nc(Cl)nc(NCc3ccco3)c2[nH]1. The molecule has 0 atom stereocenters. The maximum Gasteiger partial charge on any atom is 0.338 e. The molecule has 2 aromatic carbocycles. The number of benzene rings is 2. The number of primary amides is 1. The Kier molecular flexibility index (Phi) is 15.5. The Hall–Kier alpha value is -10.3. The van der Waals surface area contributed by atoms with Crippen molar-refractivity contribution in [2.45, 2.75) is 26.2 Å². The first-order valence-electron chi connectivity index (χ1n) is 24.0. The van der Waals surface area contributed by atoms with Gasteiger partial charge in [-0.1, -0.05) is 36.4 Å². The van der Waals surface area contributed by atoms with E-state index in [-0.39, 0.29) is 27.1 Å². The molecule has 14 rings (SSSR count). The molecular weight excluding hydrogens is 1130 g/mol. The van der Waals surface area contributed by atoms with Crippen LogP contribution in [-0.4, -0.2) is 75.7 Å². The first kappa shape index (κ1) is 52.8. The van der Waals surface area contributed by atoms with Crippen molar-refractivity contribution in [2.75, 3.05) is 21.3 Å². The van der Waals surface area contributed by atoms with Crippen molar-refractivity contribution < 1.29 is 22.5 Å². The zero-order chi connectivity index (χ0) is 55.8. The number of nitrogens with zero attached hydrogens (tertiary/aromatic N) is 11. The van der Waals surface area contributed by atoms with Crippen molar-refractivity contribution >= 4 is 148 Å². The Labute approximate surface area is 474 Å². The number of furan rings is 4. The molecule has 0 aliphatic heterocycles. The van der Waals surface area contributed by atoms with Gasteiger partial charge in [0.2, 0.25) is 21.1 Å². The molecule has 12 aromatic heterocycles. The molecule has 10 N–H and O–H groups in total. The second-order valence-electron chi connectivity index (χ2n) is 16.9. The van der Waals surface area contributed by atoms with Crippen LogP contribution in [0.2, 0.25) is 21.1 Å². The van der Waals surface area contributed by atoms with Gasteiger partial charge in [0.15, 0.2) is 22.8 Å². The Balaban J connectivity index is 0.000000114. The van der Waals surface area contributed by atoms with Gasteiger partial charge in [-0.15, -0.1) is 11.6 Å². The molecule has 0 radical (unpaired) electrons. The molecule has 0 unspecified atom stereocenters. The number of carbonyl (C=O) groups excluding carboxylic acids is 1. The van der Waals surface area contributed by atoms with Crippen LogP contribution in [0.15, 0.2) is 140 Å². The summed E-state index contributed by atoms with van der Waals surface area (Å²) in [5, 5.41) is 16.6. The van der Waals surface area contributed by atoms with Crippen LogP contribution in [0.3, 0.4) is 0 Å². The molecule has 0 aliphatic carbocycles. The van der Waals surface area contributed by atoms with Crippen molar-refractivity contribution in [1.82, 2.24) is 69.8 Å². The second-order valence-corrected chi connectivity index (χ2v) is 18.3. The van der Waals surface area contributed by atoms with E-state index in [4.69, 9.17) is 76.4 Å². The standard InChI is InChI=1S/C15H11ClN4O.C14H10ClN5O.C12H10ClN5O2.C11H7ClN6O/c16-15-19-13-11(5-6-17-13)14(20-15)18-8-10-7-9-3-1-2-4-12(9)21-10;15-14-19-12(11-13(20-14)18-7-17-11)16-6-9-5-8-3-1-2-4-10(8)21-9;13-12-17-10(15-4-6-2-1-3-20-6)8-7(9(14)19)5-16-11(8)18-12;1-13-11-15-7-8(14-5-6-3-2-4-19-6)16-10(12)17-9(7)18-11/h1-7H,8H2,(H2,17,18,19,20);1-5,7H,6H2,(H2,16,17,18,19,20);1-3,5H,4H2,(H2,14,19)(H2,15,16,17,18);2-4H,5H2,(H2,14,15,16,17,18). The zero-order valence-electron chi connectivity index (χ0n) is 41.4. The van der Waals surface area contributed by atoms with Gasteiger partial charge in [0.25, 0.3) is 11.6 Å². The summed E-state index contributed by atoms with van der Waals surface area (Å²) in [6, 6.07) is 28.9. The lowest BCUT2D eigenvalue weighted by atomic mass is 10.2. The predicted molar refractivity (Wildman–Crippen MR) is 305 cm³/mol. The fourth-order valence-electron chi connectivity index (χ4n) is 8.11. The van der Waals surface area contributed by atoms with Gasteiger partial charge in [-0.05, 0) is 101 Å². The summed E-state index contributed by atoms with van der Waals surface area (Å²) < 4.78 is 21.9. The Bertz CT molecular complexity index is 4300. The number of aromatic amines is 4. The highest BCUT2D eigenvalue weighted by Gasteiger charge is 2.18. The first-order valence-corrected chi connectivity index (χ1v) is 25.5. The second kappa shape index (κ2) is 23.8. The highest BCUT2D eigenvalue weighted by molar-refractivity contribution is 6.30. The molecule has 0 bridgehead atoms. The van der Waals surface area contributed by atoms with E-state index in [1.54, 1.807) is 31.0 Å². The van der Waals surface area contributed by atoms with Crippen LogP contribution >= 0.6 is 46.4 Å². The van der Waals surface area contributed by atoms with Crippen molar-refractivity contribution in [3.63, 3.8) is 0 Å². The number of hydrogen-bond donors (Lipinski definition) is 9. The molecule has 14 aromatic rings. The molecule has 25 nitrogen and oxygen atoms in total. The molecule has 0 fully saturated rings. The van der Waals surface area contributed by atoms with E-state index < -0.39 is 5.91 Å². The summed E-state index contributed by atoms with van der Waals surface area (Å²) in [6.45, 7) is 8.80. The van der Waals surface area contributed by atoms with Gasteiger partial charge in [-0.25, -0.2) is 15.0 Å². The number of imidazole rings is 2. The van der Waals surface area contributed by atoms with E-state index in [2.05, 4.69) is 95.9 Å². The third-order valence-corrected chi connectivity index (χ3v) is 12.3. The van der Waals surface area contributed by atoms with Crippen molar-refractivity contribution in [2.24, 2.45) is 5.73 Å². The van der Waals surface area contributed by atoms with E-state index in [1.807, 2.05) is 85.1 Å². The number of rotatable bonds is 13. The number of halogens is 4. The van der Waals surface area contributed by atoms with Gasteiger partial charge in [0.1, 0.15) is 62.7 Å². The topological polar surface area (TPSA) is 340 Å².